The molecule has 0 saturated carbocycles. The number of phenolic OH excluding ortho intramolecular Hbond substituents is 1. The third-order valence-electron chi connectivity index (χ3n) is 4.28. The van der Waals surface area contributed by atoms with Crippen LogP contribution in [0.5, 0.6) is 11.5 Å². The number of fused-ring (bicyclic) bond motifs is 3. The van der Waals surface area contributed by atoms with Crippen molar-refractivity contribution in [2.45, 2.75) is 0 Å². The normalized spacial score (nSPS) is 11.1. The van der Waals surface area contributed by atoms with Crippen molar-refractivity contribution in [1.82, 2.24) is 4.98 Å². The van der Waals surface area contributed by atoms with Crippen LogP contribution in [0.25, 0.3) is 21.7 Å². The van der Waals surface area contributed by atoms with E-state index >= 15 is 0 Å². The Morgan fingerprint density at radius 3 is 2.56 bits per heavy atom. The SMILES string of the molecule is COc1cc(C(=O)c2cc3c(cc(F)c4ccccc43)[nH]2)ccc1O. The Balaban J connectivity index is 1.87. The fourth-order valence-electron chi connectivity index (χ4n) is 3.03. The van der Waals surface area contributed by atoms with Gasteiger partial charge in [-0.2, -0.15) is 0 Å². The Labute approximate surface area is 142 Å². The lowest BCUT2D eigenvalue weighted by molar-refractivity contribution is 0.103. The summed E-state index contributed by atoms with van der Waals surface area (Å²) in [4.78, 5) is 15.7. The highest BCUT2D eigenvalue weighted by molar-refractivity contribution is 6.14. The molecule has 0 aliphatic rings. The first-order chi connectivity index (χ1) is 12.1. The van der Waals surface area contributed by atoms with Gasteiger partial charge in [0.05, 0.1) is 12.8 Å². The highest BCUT2D eigenvalue weighted by atomic mass is 19.1. The molecule has 1 aromatic heterocycles. The zero-order valence-corrected chi connectivity index (χ0v) is 13.3. The van der Waals surface area contributed by atoms with Crippen LogP contribution in [-0.2, 0) is 0 Å². The van der Waals surface area contributed by atoms with E-state index < -0.39 is 0 Å². The summed E-state index contributed by atoms with van der Waals surface area (Å²) in [5.74, 6) is -0.420. The van der Waals surface area contributed by atoms with E-state index in [0.29, 0.717) is 22.2 Å². The number of phenols is 1. The summed E-state index contributed by atoms with van der Waals surface area (Å²) in [6.07, 6.45) is 0. The quantitative estimate of drug-likeness (QED) is 0.545. The Hall–Kier alpha value is -3.34. The molecule has 0 unspecified atom stereocenters. The van der Waals surface area contributed by atoms with Gasteiger partial charge in [0.2, 0.25) is 5.78 Å². The van der Waals surface area contributed by atoms with Gasteiger partial charge in [-0.05, 0) is 35.7 Å². The van der Waals surface area contributed by atoms with Crippen LogP contribution in [0.4, 0.5) is 4.39 Å². The largest absolute Gasteiger partial charge is 0.504 e. The first kappa shape index (κ1) is 15.2. The van der Waals surface area contributed by atoms with E-state index in [1.54, 1.807) is 18.2 Å². The van der Waals surface area contributed by atoms with Gasteiger partial charge in [0.25, 0.3) is 0 Å². The number of aromatic hydroxyl groups is 1. The maximum Gasteiger partial charge on any atom is 0.209 e. The monoisotopic (exact) mass is 335 g/mol. The zero-order valence-electron chi connectivity index (χ0n) is 13.3. The molecule has 4 rings (SSSR count). The second kappa shape index (κ2) is 5.63. The number of benzene rings is 3. The van der Waals surface area contributed by atoms with E-state index in [-0.39, 0.29) is 23.1 Å². The van der Waals surface area contributed by atoms with Gasteiger partial charge in [0, 0.05) is 21.9 Å². The van der Waals surface area contributed by atoms with Crippen molar-refractivity contribution in [2.24, 2.45) is 0 Å². The topological polar surface area (TPSA) is 62.3 Å². The minimum Gasteiger partial charge on any atom is -0.504 e. The molecule has 25 heavy (non-hydrogen) atoms. The van der Waals surface area contributed by atoms with Crippen molar-refractivity contribution in [3.8, 4) is 11.5 Å². The number of rotatable bonds is 3. The average Bonchev–Trinajstić information content (AvgIpc) is 3.06. The van der Waals surface area contributed by atoms with Crippen LogP contribution in [0.1, 0.15) is 16.1 Å². The van der Waals surface area contributed by atoms with Gasteiger partial charge in [0.1, 0.15) is 5.82 Å². The van der Waals surface area contributed by atoms with E-state index in [1.807, 2.05) is 12.1 Å². The number of aromatic nitrogens is 1. The molecule has 0 saturated heterocycles. The molecule has 0 bridgehead atoms. The number of aromatic amines is 1. The first-order valence-electron chi connectivity index (χ1n) is 7.70. The third kappa shape index (κ3) is 2.41. The highest BCUT2D eigenvalue weighted by Crippen LogP contribution is 2.31. The molecule has 0 amide bonds. The summed E-state index contributed by atoms with van der Waals surface area (Å²) in [6, 6.07) is 14.7. The Morgan fingerprint density at radius 1 is 1.04 bits per heavy atom. The van der Waals surface area contributed by atoms with Crippen molar-refractivity contribution >= 4 is 27.5 Å². The van der Waals surface area contributed by atoms with Crippen LogP contribution in [0.3, 0.4) is 0 Å². The molecule has 0 aliphatic heterocycles. The first-order valence-corrected chi connectivity index (χ1v) is 7.70. The van der Waals surface area contributed by atoms with Crippen molar-refractivity contribution in [3.63, 3.8) is 0 Å². The van der Waals surface area contributed by atoms with Crippen LogP contribution >= 0.6 is 0 Å². The van der Waals surface area contributed by atoms with Gasteiger partial charge in [-0.15, -0.1) is 0 Å². The molecular weight excluding hydrogens is 321 g/mol. The number of ether oxygens (including phenoxy) is 1. The molecule has 0 aliphatic carbocycles. The van der Waals surface area contributed by atoms with Gasteiger partial charge in [-0.3, -0.25) is 4.79 Å². The van der Waals surface area contributed by atoms with Gasteiger partial charge < -0.3 is 14.8 Å². The lowest BCUT2D eigenvalue weighted by atomic mass is 10.0. The number of hydrogen-bond acceptors (Lipinski definition) is 3. The van der Waals surface area contributed by atoms with Gasteiger partial charge in [-0.1, -0.05) is 24.3 Å². The predicted molar refractivity (Wildman–Crippen MR) is 93.9 cm³/mol. The van der Waals surface area contributed by atoms with E-state index in [1.165, 1.54) is 31.4 Å². The fraction of sp³-hybridized carbons (Fsp3) is 0.0500. The maximum absolute atomic E-state index is 14.2. The fourth-order valence-corrected chi connectivity index (χ4v) is 3.03. The molecule has 0 spiro atoms. The molecule has 4 aromatic rings. The van der Waals surface area contributed by atoms with Crippen molar-refractivity contribution in [1.29, 1.82) is 0 Å². The van der Waals surface area contributed by atoms with Crippen LogP contribution in [-0.4, -0.2) is 23.0 Å². The Bertz CT molecular complexity index is 1130. The summed E-state index contributed by atoms with van der Waals surface area (Å²) in [5, 5.41) is 11.7. The Kier molecular flexibility index (Phi) is 3.42. The number of halogens is 1. The highest BCUT2D eigenvalue weighted by Gasteiger charge is 2.16. The minimum atomic E-state index is -0.338. The molecule has 124 valence electrons. The van der Waals surface area contributed by atoms with Crippen LogP contribution in [0.15, 0.2) is 54.6 Å². The summed E-state index contributed by atoms with van der Waals surface area (Å²) in [6.45, 7) is 0. The number of methoxy groups -OCH3 is 1. The number of nitrogens with one attached hydrogen (secondary N) is 1. The maximum atomic E-state index is 14.2. The van der Waals surface area contributed by atoms with E-state index in [9.17, 15) is 14.3 Å². The lowest BCUT2D eigenvalue weighted by Crippen LogP contribution is -2.01. The van der Waals surface area contributed by atoms with Crippen molar-refractivity contribution < 1.29 is 19.0 Å². The van der Waals surface area contributed by atoms with Crippen molar-refractivity contribution in [3.05, 3.63) is 71.7 Å². The van der Waals surface area contributed by atoms with Crippen LogP contribution in [0, 0.1) is 5.82 Å². The summed E-state index contributed by atoms with van der Waals surface area (Å²) < 4.78 is 19.3. The standard InChI is InChI=1S/C20H14FNO3/c1-25-19-8-11(6-7-18(19)23)20(24)17-9-14-12-4-2-3-5-13(12)15(21)10-16(14)22-17/h2-10,22-23H,1H3. The van der Waals surface area contributed by atoms with Gasteiger partial charge >= 0.3 is 0 Å². The van der Waals surface area contributed by atoms with Crippen molar-refractivity contribution in [2.75, 3.05) is 7.11 Å². The molecule has 2 N–H and O–H groups in total. The summed E-state index contributed by atoms with van der Waals surface area (Å²) >= 11 is 0. The van der Waals surface area contributed by atoms with Crippen LogP contribution in [0.2, 0.25) is 0 Å². The average molecular weight is 335 g/mol. The zero-order chi connectivity index (χ0) is 17.6. The van der Waals surface area contributed by atoms with E-state index in [4.69, 9.17) is 4.74 Å². The third-order valence-corrected chi connectivity index (χ3v) is 4.28. The molecule has 0 fully saturated rings. The smallest absolute Gasteiger partial charge is 0.209 e. The summed E-state index contributed by atoms with van der Waals surface area (Å²) in [5.41, 5.74) is 1.27. The van der Waals surface area contributed by atoms with Gasteiger partial charge in [-0.25, -0.2) is 4.39 Å². The van der Waals surface area contributed by atoms with Gasteiger partial charge in [0.15, 0.2) is 11.5 Å². The minimum absolute atomic E-state index is 0.0382. The Morgan fingerprint density at radius 2 is 1.80 bits per heavy atom. The van der Waals surface area contributed by atoms with E-state index in [2.05, 4.69) is 4.98 Å². The molecule has 3 aromatic carbocycles. The molecule has 0 atom stereocenters. The second-order valence-corrected chi connectivity index (χ2v) is 5.76. The number of hydrogen-bond donors (Lipinski definition) is 2. The molecule has 4 nitrogen and oxygen atoms in total. The molecular formula is C20H14FNO3. The lowest BCUT2D eigenvalue weighted by Gasteiger charge is -2.05. The summed E-state index contributed by atoms with van der Waals surface area (Å²) in [7, 11) is 1.42. The number of ketones is 1. The molecule has 0 radical (unpaired) electrons. The number of carbonyl (C=O) groups excluding carboxylic acids is 1. The molecule has 5 heteroatoms. The van der Waals surface area contributed by atoms with E-state index in [0.717, 1.165) is 10.8 Å². The predicted octanol–water partition coefficient (Wildman–Crippen LogP) is 4.41. The van der Waals surface area contributed by atoms with Crippen LogP contribution < -0.4 is 4.74 Å². The number of carbonyl (C=O) groups is 1. The molecule has 1 heterocycles. The number of H-pyrrole nitrogens is 1. The second-order valence-electron chi connectivity index (χ2n) is 5.76.